The smallest absolute Gasteiger partial charge is 0.294 e. The number of anilines is 1. The number of nitrogens with zero attached hydrogens (tertiary/aromatic N) is 6. The van der Waals surface area contributed by atoms with Gasteiger partial charge >= 0.3 is 0 Å². The molecular formula is C23H18N8O2. The van der Waals surface area contributed by atoms with Crippen LogP contribution < -0.4 is 11.2 Å². The van der Waals surface area contributed by atoms with Crippen molar-refractivity contribution in [2.45, 2.75) is 6.92 Å². The third-order valence-corrected chi connectivity index (χ3v) is 5.12. The molecule has 2 aromatic heterocycles. The van der Waals surface area contributed by atoms with Gasteiger partial charge < -0.3 is 5.73 Å². The zero-order valence-electron chi connectivity index (χ0n) is 17.5. The molecule has 10 heteroatoms. The number of hydrogen-bond acceptors (Lipinski definition) is 8. The van der Waals surface area contributed by atoms with E-state index >= 15 is 0 Å². The lowest BCUT2D eigenvalue weighted by atomic mass is 10.0. The SMILES string of the molecule is C/C(=N\NC(=O)c1nnn(-c2nonc2N)c1-c1ccccc1)c1ccc2ccccc2c1. The van der Waals surface area contributed by atoms with Gasteiger partial charge in [0, 0.05) is 5.56 Å². The molecule has 2 heterocycles. The number of rotatable bonds is 5. The Morgan fingerprint density at radius 2 is 1.76 bits per heavy atom. The molecule has 3 N–H and O–H groups in total. The van der Waals surface area contributed by atoms with Gasteiger partial charge in [0.05, 0.1) is 5.71 Å². The number of fused-ring (bicyclic) bond motifs is 1. The summed E-state index contributed by atoms with van der Waals surface area (Å²) in [5, 5.41) is 21.9. The van der Waals surface area contributed by atoms with Gasteiger partial charge in [0.15, 0.2) is 5.69 Å². The lowest BCUT2D eigenvalue weighted by molar-refractivity contribution is 0.0950. The van der Waals surface area contributed by atoms with Gasteiger partial charge in [0.25, 0.3) is 5.91 Å². The second-order valence-electron chi connectivity index (χ2n) is 7.24. The predicted molar refractivity (Wildman–Crippen MR) is 123 cm³/mol. The zero-order valence-corrected chi connectivity index (χ0v) is 17.5. The topological polar surface area (TPSA) is 137 Å². The molecule has 0 spiro atoms. The summed E-state index contributed by atoms with van der Waals surface area (Å²) in [5.74, 6) is -0.374. The van der Waals surface area contributed by atoms with Gasteiger partial charge in [0.1, 0.15) is 5.69 Å². The highest BCUT2D eigenvalue weighted by atomic mass is 16.6. The quantitative estimate of drug-likeness (QED) is 0.317. The van der Waals surface area contributed by atoms with E-state index < -0.39 is 5.91 Å². The molecule has 5 rings (SSSR count). The second-order valence-corrected chi connectivity index (χ2v) is 7.24. The maximum absolute atomic E-state index is 13.0. The lowest BCUT2D eigenvalue weighted by Crippen LogP contribution is -2.21. The third-order valence-electron chi connectivity index (χ3n) is 5.12. The molecular weight excluding hydrogens is 420 g/mol. The highest BCUT2D eigenvalue weighted by molar-refractivity contribution is 6.04. The van der Waals surface area contributed by atoms with Crippen LogP contribution in [0.2, 0.25) is 0 Å². The van der Waals surface area contributed by atoms with E-state index in [2.05, 4.69) is 35.8 Å². The molecule has 0 aliphatic rings. The maximum atomic E-state index is 13.0. The van der Waals surface area contributed by atoms with Crippen molar-refractivity contribution < 1.29 is 9.42 Å². The molecule has 3 aromatic carbocycles. The van der Waals surface area contributed by atoms with Gasteiger partial charge in [-0.2, -0.15) is 9.78 Å². The molecule has 0 fully saturated rings. The lowest BCUT2D eigenvalue weighted by Gasteiger charge is -2.06. The Kier molecular flexibility index (Phi) is 5.07. The van der Waals surface area contributed by atoms with Crippen LogP contribution in [0.3, 0.4) is 0 Å². The van der Waals surface area contributed by atoms with E-state index in [0.29, 0.717) is 17.0 Å². The molecule has 5 aromatic rings. The zero-order chi connectivity index (χ0) is 22.8. The minimum Gasteiger partial charge on any atom is -0.378 e. The number of carbonyl (C=O) groups is 1. The van der Waals surface area contributed by atoms with Crippen LogP contribution in [0, 0.1) is 0 Å². The molecule has 0 atom stereocenters. The standard InChI is InChI=1S/C23H18N8O2/c1-14(17-12-11-15-7-5-6-10-18(15)13-17)25-27-23(32)19-20(16-8-3-2-4-9-16)31(30-26-19)22-21(24)28-33-29-22/h2-13H,1H3,(H2,24,28)(H,27,32)/b25-14+. The molecule has 1 amide bonds. The Bertz CT molecular complexity index is 1490. The first-order valence-corrected chi connectivity index (χ1v) is 10.0. The number of hydrogen-bond donors (Lipinski definition) is 2. The molecule has 0 saturated heterocycles. The van der Waals surface area contributed by atoms with Crippen molar-refractivity contribution in [3.05, 3.63) is 84.1 Å². The van der Waals surface area contributed by atoms with E-state index in [1.54, 1.807) is 0 Å². The van der Waals surface area contributed by atoms with Gasteiger partial charge in [-0.1, -0.05) is 71.9 Å². The highest BCUT2D eigenvalue weighted by Crippen LogP contribution is 2.26. The first kappa shape index (κ1) is 20.1. The molecule has 162 valence electrons. The Morgan fingerprint density at radius 1 is 1.00 bits per heavy atom. The maximum Gasteiger partial charge on any atom is 0.294 e. The molecule has 0 aliphatic carbocycles. The number of nitrogen functional groups attached to an aromatic ring is 1. The summed E-state index contributed by atoms with van der Waals surface area (Å²) >= 11 is 0. The normalized spacial score (nSPS) is 11.6. The van der Waals surface area contributed by atoms with Crippen molar-refractivity contribution in [2.24, 2.45) is 5.10 Å². The van der Waals surface area contributed by atoms with Crippen LogP contribution in [0.4, 0.5) is 5.82 Å². The fourth-order valence-corrected chi connectivity index (χ4v) is 3.44. The predicted octanol–water partition coefficient (Wildman–Crippen LogP) is 3.21. The van der Waals surface area contributed by atoms with Gasteiger partial charge in [-0.25, -0.2) is 10.1 Å². The monoisotopic (exact) mass is 438 g/mol. The van der Waals surface area contributed by atoms with Gasteiger partial charge in [-0.3, -0.25) is 4.79 Å². The summed E-state index contributed by atoms with van der Waals surface area (Å²) in [4.78, 5) is 13.0. The number of benzene rings is 3. The molecule has 0 aliphatic heterocycles. The van der Waals surface area contributed by atoms with Crippen LogP contribution in [0.25, 0.3) is 27.8 Å². The summed E-state index contributed by atoms with van der Waals surface area (Å²) in [7, 11) is 0. The van der Waals surface area contributed by atoms with Crippen LogP contribution in [-0.4, -0.2) is 36.9 Å². The largest absolute Gasteiger partial charge is 0.378 e. The summed E-state index contributed by atoms with van der Waals surface area (Å²) in [6.07, 6.45) is 0. The van der Waals surface area contributed by atoms with Crippen LogP contribution in [0.1, 0.15) is 23.0 Å². The van der Waals surface area contributed by atoms with Gasteiger partial charge in [-0.15, -0.1) is 5.10 Å². The van der Waals surface area contributed by atoms with E-state index in [1.165, 1.54) is 4.68 Å². The number of carbonyl (C=O) groups excluding carboxylic acids is 1. The van der Waals surface area contributed by atoms with Crippen molar-refractivity contribution in [1.29, 1.82) is 0 Å². The average molecular weight is 438 g/mol. The van der Waals surface area contributed by atoms with E-state index in [-0.39, 0.29) is 17.3 Å². The van der Waals surface area contributed by atoms with Crippen LogP contribution in [0.15, 0.2) is 82.5 Å². The molecule has 33 heavy (non-hydrogen) atoms. The fourth-order valence-electron chi connectivity index (χ4n) is 3.44. The molecule has 0 bridgehead atoms. The first-order chi connectivity index (χ1) is 16.1. The Balaban J connectivity index is 1.48. The van der Waals surface area contributed by atoms with Crippen LogP contribution in [-0.2, 0) is 0 Å². The van der Waals surface area contributed by atoms with Crippen LogP contribution in [0.5, 0.6) is 0 Å². The number of nitrogens with one attached hydrogen (secondary N) is 1. The number of aromatic nitrogens is 5. The van der Waals surface area contributed by atoms with Gasteiger partial charge in [-0.05, 0) is 39.6 Å². The summed E-state index contributed by atoms with van der Waals surface area (Å²) < 4.78 is 6.00. The number of hydrazone groups is 1. The van der Waals surface area contributed by atoms with Crippen molar-refractivity contribution in [1.82, 2.24) is 30.7 Å². The molecule has 10 nitrogen and oxygen atoms in total. The van der Waals surface area contributed by atoms with Crippen LogP contribution >= 0.6 is 0 Å². The third kappa shape index (κ3) is 3.81. The summed E-state index contributed by atoms with van der Waals surface area (Å²) in [5.41, 5.74) is 11.1. The Morgan fingerprint density at radius 3 is 2.52 bits per heavy atom. The number of amides is 1. The van der Waals surface area contributed by atoms with Gasteiger partial charge in [0.2, 0.25) is 11.6 Å². The minimum atomic E-state index is -0.532. The van der Waals surface area contributed by atoms with Crippen molar-refractivity contribution >= 4 is 28.2 Å². The summed E-state index contributed by atoms with van der Waals surface area (Å²) in [6, 6.07) is 23.2. The van der Waals surface area contributed by atoms with E-state index in [0.717, 1.165) is 16.3 Å². The van der Waals surface area contributed by atoms with E-state index in [9.17, 15) is 4.79 Å². The molecule has 0 saturated carbocycles. The van der Waals surface area contributed by atoms with E-state index in [4.69, 9.17) is 5.73 Å². The Labute approximate surface area is 187 Å². The average Bonchev–Trinajstić information content (AvgIpc) is 3.48. The number of nitrogens with two attached hydrogens (primary N) is 1. The molecule has 0 unspecified atom stereocenters. The molecule has 0 radical (unpaired) electrons. The van der Waals surface area contributed by atoms with Crippen molar-refractivity contribution in [3.8, 4) is 17.1 Å². The van der Waals surface area contributed by atoms with Crippen molar-refractivity contribution in [3.63, 3.8) is 0 Å². The fraction of sp³-hybridized carbons (Fsp3) is 0.0435. The summed E-state index contributed by atoms with van der Waals surface area (Å²) in [6.45, 7) is 1.82. The minimum absolute atomic E-state index is 0.0224. The second kappa shape index (κ2) is 8.35. The van der Waals surface area contributed by atoms with Crippen molar-refractivity contribution in [2.75, 3.05) is 5.73 Å². The Hall–Kier alpha value is -4.86. The highest BCUT2D eigenvalue weighted by Gasteiger charge is 2.25. The van der Waals surface area contributed by atoms with E-state index in [1.807, 2.05) is 79.7 Å². The first-order valence-electron chi connectivity index (χ1n) is 10.0.